The van der Waals surface area contributed by atoms with Gasteiger partial charge in [0, 0.05) is 12.1 Å². The molecule has 23 heteroatoms. The number of anilines is 3. The molecule has 3 aromatic carbocycles. The number of hydrogen-bond donors (Lipinski definition) is 2. The fourth-order valence-corrected chi connectivity index (χ4v) is 5.07. The molecular weight excluding hydrogens is 658 g/mol. The van der Waals surface area contributed by atoms with Crippen molar-refractivity contribution in [3.63, 3.8) is 0 Å². The molecule has 0 saturated carbocycles. The predicted octanol–water partition coefficient (Wildman–Crippen LogP) is -3.13. The molecule has 3 N–H and O–H groups in total. The first-order chi connectivity index (χ1) is 19.2. The summed E-state index contributed by atoms with van der Waals surface area (Å²) in [4.78, 5) is 19.9. The number of hydrogen-bond acceptors (Lipinski definition) is 17. The van der Waals surface area contributed by atoms with Gasteiger partial charge >= 0.3 is 59.1 Å². The first-order valence-electron chi connectivity index (χ1n) is 10.7. The van der Waals surface area contributed by atoms with Crippen molar-refractivity contribution in [2.45, 2.75) is 9.79 Å². The SMILES string of the molecule is Nc1nc(Cl)nc(Nc2cc(S(=O)(=O)[O-])cc3cc(S(=O)(=O)[O-])c4c(c23)OCOc2ccc([N+](=O)[O-])cc2N=N4)n1.[Na+].[Na+]. The van der Waals surface area contributed by atoms with Crippen LogP contribution in [0.15, 0.2) is 56.4 Å². The van der Waals surface area contributed by atoms with E-state index in [-0.39, 0.29) is 104 Å². The summed E-state index contributed by atoms with van der Waals surface area (Å²) in [7, 11) is -10.5. The molecule has 4 aromatic rings. The van der Waals surface area contributed by atoms with Crippen molar-refractivity contribution in [2.75, 3.05) is 17.8 Å². The van der Waals surface area contributed by atoms with E-state index in [1.807, 2.05) is 0 Å². The molecule has 18 nitrogen and oxygen atoms in total. The molecule has 2 heterocycles. The van der Waals surface area contributed by atoms with Gasteiger partial charge in [0.15, 0.2) is 11.5 Å². The third-order valence-corrected chi connectivity index (χ3v) is 7.20. The molecule has 0 fully saturated rings. The number of fused-ring (bicyclic) bond motifs is 4. The van der Waals surface area contributed by atoms with Gasteiger partial charge in [-0.2, -0.15) is 15.0 Å². The monoisotopic (exact) mass is 668 g/mol. The van der Waals surface area contributed by atoms with Crippen LogP contribution in [-0.4, -0.2) is 52.6 Å². The average molecular weight is 669 g/mol. The number of ether oxygens (including phenoxy) is 2. The van der Waals surface area contributed by atoms with Gasteiger partial charge < -0.3 is 29.6 Å². The summed E-state index contributed by atoms with van der Waals surface area (Å²) < 4.78 is 83.7. The summed E-state index contributed by atoms with van der Waals surface area (Å²) in [5.41, 5.74) is 4.07. The Hall–Kier alpha value is -2.76. The number of nitrogen functional groups attached to an aromatic ring is 1. The Morgan fingerprint density at radius 1 is 0.953 bits per heavy atom. The number of azo groups is 1. The Labute approximate surface area is 290 Å². The fraction of sp³-hybridized carbons (Fsp3) is 0.0500. The minimum atomic E-state index is -5.35. The number of non-ortho nitro benzene ring substituents is 1. The minimum Gasteiger partial charge on any atom is -0.744 e. The molecule has 0 bridgehead atoms. The zero-order valence-corrected chi connectivity index (χ0v) is 28.1. The van der Waals surface area contributed by atoms with Gasteiger partial charge in [-0.25, -0.2) is 16.8 Å². The van der Waals surface area contributed by atoms with Crippen LogP contribution in [-0.2, 0) is 20.2 Å². The summed E-state index contributed by atoms with van der Waals surface area (Å²) in [6.07, 6.45) is 0. The van der Waals surface area contributed by atoms with Crippen molar-refractivity contribution >= 4 is 77.3 Å². The zero-order chi connectivity index (χ0) is 29.7. The van der Waals surface area contributed by atoms with Crippen molar-refractivity contribution in [1.29, 1.82) is 0 Å². The van der Waals surface area contributed by atoms with E-state index >= 15 is 0 Å². The number of aromatic nitrogens is 3. The standard InChI is InChI=1S/C20H13ClN8O10S2.2Na/c21-18-24-19(22)26-20(25-18)23-12-6-10(40(32,33)34)3-8-4-14(41(35,36)37)16-17(15(8)12)39-7-38-13-2-1-9(29(30)31)5-11(13)27-28-16;;/h1-6H,7H2,(H,32,33,34)(H,35,36,37)(H3,22,23,24,25,26);;/q;2*+1/p-2. The Kier molecular flexibility index (Phi) is 10.6. The minimum absolute atomic E-state index is 0. The van der Waals surface area contributed by atoms with Crippen molar-refractivity contribution in [3.8, 4) is 11.5 Å². The number of rotatable bonds is 5. The normalized spacial score (nSPS) is 12.5. The van der Waals surface area contributed by atoms with Crippen LogP contribution in [0.1, 0.15) is 0 Å². The fourth-order valence-electron chi connectivity index (χ4n) is 3.73. The third kappa shape index (κ3) is 7.49. The van der Waals surface area contributed by atoms with Crippen LogP contribution in [0.5, 0.6) is 11.5 Å². The van der Waals surface area contributed by atoms with Gasteiger partial charge in [0.1, 0.15) is 31.6 Å². The molecule has 212 valence electrons. The van der Waals surface area contributed by atoms with E-state index in [9.17, 15) is 36.1 Å². The Balaban J connectivity index is 0.00000253. The maximum atomic E-state index is 12.3. The predicted molar refractivity (Wildman–Crippen MR) is 136 cm³/mol. The van der Waals surface area contributed by atoms with Crippen LogP contribution >= 0.6 is 11.6 Å². The maximum Gasteiger partial charge on any atom is 1.00 e. The summed E-state index contributed by atoms with van der Waals surface area (Å²) in [6, 6.07) is 5.71. The van der Waals surface area contributed by atoms with Crippen molar-refractivity contribution < 1.29 is 99.5 Å². The molecule has 1 aliphatic rings. The second-order valence-corrected chi connectivity index (χ2v) is 11.0. The van der Waals surface area contributed by atoms with Gasteiger partial charge in [-0.1, -0.05) is 0 Å². The molecule has 1 aromatic heterocycles. The van der Waals surface area contributed by atoms with Crippen molar-refractivity contribution in [2.24, 2.45) is 10.2 Å². The van der Waals surface area contributed by atoms with Gasteiger partial charge in [0.05, 0.1) is 25.8 Å². The summed E-state index contributed by atoms with van der Waals surface area (Å²) in [5.74, 6) is -1.16. The topological polar surface area (TPSA) is 277 Å². The molecule has 0 unspecified atom stereocenters. The summed E-state index contributed by atoms with van der Waals surface area (Å²) >= 11 is 5.82. The second-order valence-electron chi connectivity index (χ2n) is 7.96. The summed E-state index contributed by atoms with van der Waals surface area (Å²) in [5, 5.41) is 20.7. The van der Waals surface area contributed by atoms with Gasteiger partial charge in [-0.15, -0.1) is 10.2 Å². The Morgan fingerprint density at radius 3 is 2.30 bits per heavy atom. The van der Waals surface area contributed by atoms with E-state index in [2.05, 4.69) is 30.5 Å². The Bertz CT molecular complexity index is 2010. The molecule has 0 amide bonds. The van der Waals surface area contributed by atoms with E-state index < -0.39 is 58.9 Å². The number of nitro benzene ring substituents is 1. The largest absolute Gasteiger partial charge is 1.00 e. The van der Waals surface area contributed by atoms with Crippen LogP contribution in [0, 0.1) is 10.1 Å². The number of nitrogens with one attached hydrogen (secondary N) is 1. The van der Waals surface area contributed by atoms with Crippen LogP contribution in [0.4, 0.5) is 34.6 Å². The molecule has 0 spiro atoms. The first kappa shape index (κ1) is 34.7. The smallest absolute Gasteiger partial charge is 0.744 e. The molecule has 0 aliphatic carbocycles. The molecule has 0 saturated heterocycles. The molecule has 5 rings (SSSR count). The van der Waals surface area contributed by atoms with E-state index in [0.29, 0.717) is 0 Å². The number of benzene rings is 3. The maximum absolute atomic E-state index is 12.3. The van der Waals surface area contributed by atoms with Crippen molar-refractivity contribution in [1.82, 2.24) is 15.0 Å². The third-order valence-electron chi connectivity index (χ3n) is 5.36. The van der Waals surface area contributed by atoms with Gasteiger partial charge in [0.25, 0.3) is 5.69 Å². The molecule has 1 aliphatic heterocycles. The van der Waals surface area contributed by atoms with Gasteiger partial charge in [0.2, 0.25) is 24.0 Å². The van der Waals surface area contributed by atoms with E-state index in [4.69, 9.17) is 26.8 Å². The van der Waals surface area contributed by atoms with Gasteiger partial charge in [-0.05, 0) is 41.3 Å². The molecule has 43 heavy (non-hydrogen) atoms. The van der Waals surface area contributed by atoms with Crippen LogP contribution < -0.4 is 79.6 Å². The Morgan fingerprint density at radius 2 is 1.67 bits per heavy atom. The van der Waals surface area contributed by atoms with Crippen LogP contribution in [0.2, 0.25) is 5.28 Å². The van der Waals surface area contributed by atoms with Crippen molar-refractivity contribution in [3.05, 3.63) is 51.8 Å². The molecule has 0 atom stereocenters. The van der Waals surface area contributed by atoms with E-state index in [0.717, 1.165) is 30.3 Å². The van der Waals surface area contributed by atoms with Crippen LogP contribution in [0.3, 0.4) is 0 Å². The number of nitrogens with two attached hydrogens (primary N) is 1. The number of nitro groups is 1. The number of nitrogens with zero attached hydrogens (tertiary/aromatic N) is 6. The first-order valence-corrected chi connectivity index (χ1v) is 13.9. The zero-order valence-electron chi connectivity index (χ0n) is 21.7. The number of halogens is 1. The molecule has 0 radical (unpaired) electrons. The van der Waals surface area contributed by atoms with E-state index in [1.165, 1.54) is 6.07 Å². The quantitative estimate of drug-likeness (QED) is 0.0920. The molecular formula is C20H11ClN8Na2O10S2. The average Bonchev–Trinajstić information content (AvgIpc) is 2.94. The summed E-state index contributed by atoms with van der Waals surface area (Å²) in [6.45, 7) is -0.675. The second kappa shape index (κ2) is 13.1. The van der Waals surface area contributed by atoms with Gasteiger partial charge in [-0.3, -0.25) is 10.1 Å². The van der Waals surface area contributed by atoms with E-state index in [1.54, 1.807) is 0 Å². The van der Waals surface area contributed by atoms with Crippen LogP contribution in [0.25, 0.3) is 10.8 Å².